The van der Waals surface area contributed by atoms with Gasteiger partial charge in [-0.3, -0.25) is 4.79 Å². The van der Waals surface area contributed by atoms with Crippen LogP contribution in [0.15, 0.2) is 41.4 Å². The van der Waals surface area contributed by atoms with Crippen LogP contribution in [0, 0.1) is 6.92 Å². The van der Waals surface area contributed by atoms with Gasteiger partial charge in [0.1, 0.15) is 11.5 Å². The molecule has 164 valence electrons. The van der Waals surface area contributed by atoms with Crippen LogP contribution in [0.2, 0.25) is 0 Å². The van der Waals surface area contributed by atoms with Crippen molar-refractivity contribution < 1.29 is 14.3 Å². The van der Waals surface area contributed by atoms with E-state index in [1.807, 2.05) is 44.2 Å². The number of anilines is 1. The largest absolute Gasteiger partial charge is 0.496 e. The number of methoxy groups -OCH3 is 2. The number of hydrogen-bond acceptors (Lipinski definition) is 4. The van der Waals surface area contributed by atoms with Crippen molar-refractivity contribution in [2.75, 3.05) is 26.1 Å². The normalized spacial score (nSPS) is 10.6. The Labute approximate surface area is 195 Å². The molecule has 2 aromatic rings. The Morgan fingerprint density at radius 1 is 1.03 bits per heavy atom. The van der Waals surface area contributed by atoms with Crippen LogP contribution >= 0.6 is 24.0 Å². The Morgan fingerprint density at radius 3 is 2.40 bits per heavy atom. The standard InChI is InChI=1S/C22H30N4O3.HI/c1-6-23-22(25-14-18-9-7-15(2)11-21(18)29-5)24-13-17-8-10-20(28-4)19(12-17)26-16(3)27;/h7-12H,6,13-14H2,1-5H3,(H,26,27)(H2,23,24,25);1H. The number of carbonyl (C=O) groups excluding carboxylic acids is 1. The van der Waals surface area contributed by atoms with Gasteiger partial charge in [-0.05, 0) is 43.2 Å². The maximum atomic E-state index is 11.4. The Balaban J connectivity index is 0.00000450. The van der Waals surface area contributed by atoms with Gasteiger partial charge in [0.2, 0.25) is 5.91 Å². The number of halogens is 1. The van der Waals surface area contributed by atoms with Gasteiger partial charge >= 0.3 is 0 Å². The highest BCUT2D eigenvalue weighted by Crippen LogP contribution is 2.26. The van der Waals surface area contributed by atoms with Gasteiger partial charge in [0.05, 0.1) is 26.5 Å². The Kier molecular flexibility index (Phi) is 11.0. The zero-order chi connectivity index (χ0) is 21.2. The molecule has 0 aliphatic heterocycles. The van der Waals surface area contributed by atoms with E-state index in [2.05, 4.69) is 27.0 Å². The van der Waals surface area contributed by atoms with Gasteiger partial charge in [-0.2, -0.15) is 0 Å². The molecule has 30 heavy (non-hydrogen) atoms. The molecular weight excluding hydrogens is 495 g/mol. The van der Waals surface area contributed by atoms with Gasteiger partial charge in [0.25, 0.3) is 0 Å². The Bertz CT molecular complexity index is 871. The summed E-state index contributed by atoms with van der Waals surface area (Å²) in [4.78, 5) is 16.1. The number of nitrogens with zero attached hydrogens (tertiary/aromatic N) is 1. The Morgan fingerprint density at radius 2 is 1.77 bits per heavy atom. The smallest absolute Gasteiger partial charge is 0.221 e. The molecule has 2 aromatic carbocycles. The third-order valence-electron chi connectivity index (χ3n) is 4.23. The molecule has 0 bridgehead atoms. The number of guanidine groups is 1. The monoisotopic (exact) mass is 526 g/mol. The number of nitrogens with one attached hydrogen (secondary N) is 3. The van der Waals surface area contributed by atoms with E-state index in [0.717, 1.165) is 29.0 Å². The molecule has 3 N–H and O–H groups in total. The van der Waals surface area contributed by atoms with Crippen LogP contribution in [0.5, 0.6) is 11.5 Å². The van der Waals surface area contributed by atoms with Crippen molar-refractivity contribution in [3.63, 3.8) is 0 Å². The maximum Gasteiger partial charge on any atom is 0.221 e. The topological polar surface area (TPSA) is 84.0 Å². The number of aliphatic imine (C=N–C) groups is 1. The van der Waals surface area contributed by atoms with Crippen molar-refractivity contribution in [3.8, 4) is 11.5 Å². The average Bonchev–Trinajstić information content (AvgIpc) is 2.70. The number of hydrogen-bond donors (Lipinski definition) is 3. The zero-order valence-corrected chi connectivity index (χ0v) is 20.5. The minimum absolute atomic E-state index is 0. The number of ether oxygens (including phenoxy) is 2. The first-order valence-corrected chi connectivity index (χ1v) is 9.57. The fourth-order valence-electron chi connectivity index (χ4n) is 2.83. The minimum atomic E-state index is -0.147. The van der Waals surface area contributed by atoms with Gasteiger partial charge in [-0.1, -0.05) is 18.2 Å². The molecule has 0 unspecified atom stereocenters. The van der Waals surface area contributed by atoms with Gasteiger partial charge in [-0.15, -0.1) is 24.0 Å². The molecule has 0 radical (unpaired) electrons. The van der Waals surface area contributed by atoms with E-state index in [0.29, 0.717) is 30.5 Å². The quantitative estimate of drug-likeness (QED) is 0.277. The number of rotatable bonds is 8. The summed E-state index contributed by atoms with van der Waals surface area (Å²) in [5.74, 6) is 2.02. The number of benzene rings is 2. The molecule has 7 nitrogen and oxygen atoms in total. The first-order valence-electron chi connectivity index (χ1n) is 9.57. The predicted octanol–water partition coefficient (Wildman–Crippen LogP) is 3.84. The molecule has 0 saturated heterocycles. The van der Waals surface area contributed by atoms with Crippen LogP contribution in [-0.4, -0.2) is 32.6 Å². The fraction of sp³-hybridized carbons (Fsp3) is 0.364. The first kappa shape index (κ1) is 25.5. The van der Waals surface area contributed by atoms with Crippen molar-refractivity contribution >= 4 is 41.5 Å². The molecule has 2 rings (SSSR count). The highest BCUT2D eigenvalue weighted by molar-refractivity contribution is 14.0. The molecule has 0 aromatic heterocycles. The Hall–Kier alpha value is -2.49. The summed E-state index contributed by atoms with van der Waals surface area (Å²) in [6.45, 7) is 7.32. The van der Waals surface area contributed by atoms with Crippen molar-refractivity contribution in [2.45, 2.75) is 33.9 Å². The fourth-order valence-corrected chi connectivity index (χ4v) is 2.83. The lowest BCUT2D eigenvalue weighted by atomic mass is 10.1. The van der Waals surface area contributed by atoms with Crippen molar-refractivity contribution in [1.29, 1.82) is 0 Å². The van der Waals surface area contributed by atoms with Gasteiger partial charge < -0.3 is 25.4 Å². The molecule has 0 atom stereocenters. The molecule has 0 heterocycles. The van der Waals surface area contributed by atoms with E-state index in [4.69, 9.17) is 9.47 Å². The average molecular weight is 526 g/mol. The molecule has 0 fully saturated rings. The highest BCUT2D eigenvalue weighted by Gasteiger charge is 2.07. The second-order valence-electron chi connectivity index (χ2n) is 6.58. The second kappa shape index (κ2) is 12.9. The summed E-state index contributed by atoms with van der Waals surface area (Å²) in [5, 5.41) is 9.36. The number of amides is 1. The summed E-state index contributed by atoms with van der Waals surface area (Å²) in [6.07, 6.45) is 0. The molecule has 8 heteroatoms. The maximum absolute atomic E-state index is 11.4. The highest BCUT2D eigenvalue weighted by atomic mass is 127. The van der Waals surface area contributed by atoms with Crippen molar-refractivity contribution in [1.82, 2.24) is 10.6 Å². The lowest BCUT2D eigenvalue weighted by Gasteiger charge is -2.14. The first-order chi connectivity index (χ1) is 14.0. The van der Waals surface area contributed by atoms with E-state index in [1.54, 1.807) is 14.2 Å². The second-order valence-corrected chi connectivity index (χ2v) is 6.58. The summed E-state index contributed by atoms with van der Waals surface area (Å²) in [7, 11) is 3.25. The lowest BCUT2D eigenvalue weighted by Crippen LogP contribution is -2.36. The van der Waals surface area contributed by atoms with Crippen LogP contribution in [0.1, 0.15) is 30.5 Å². The summed E-state index contributed by atoms with van der Waals surface area (Å²) in [6, 6.07) is 11.8. The SMILES string of the molecule is CCNC(=NCc1ccc(OC)c(NC(C)=O)c1)NCc1ccc(C)cc1OC.I. The van der Waals surface area contributed by atoms with Gasteiger partial charge in [0.15, 0.2) is 5.96 Å². The number of aryl methyl sites for hydroxylation is 1. The van der Waals surface area contributed by atoms with Gasteiger partial charge in [-0.25, -0.2) is 4.99 Å². The molecule has 0 saturated carbocycles. The number of carbonyl (C=O) groups is 1. The zero-order valence-electron chi connectivity index (χ0n) is 18.2. The summed E-state index contributed by atoms with van der Waals surface area (Å²) in [5.41, 5.74) is 3.80. The van der Waals surface area contributed by atoms with E-state index in [9.17, 15) is 4.79 Å². The van der Waals surface area contributed by atoms with Crippen LogP contribution in [0.4, 0.5) is 5.69 Å². The third kappa shape index (κ3) is 7.74. The molecular formula is C22H31IN4O3. The summed E-state index contributed by atoms with van der Waals surface area (Å²) >= 11 is 0. The molecule has 0 aliphatic carbocycles. The molecule has 1 amide bonds. The van der Waals surface area contributed by atoms with Crippen molar-refractivity contribution in [2.24, 2.45) is 4.99 Å². The third-order valence-corrected chi connectivity index (χ3v) is 4.23. The van der Waals surface area contributed by atoms with Crippen LogP contribution in [-0.2, 0) is 17.9 Å². The summed E-state index contributed by atoms with van der Waals surface area (Å²) < 4.78 is 10.8. The van der Waals surface area contributed by atoms with Crippen molar-refractivity contribution in [3.05, 3.63) is 53.1 Å². The predicted molar refractivity (Wildman–Crippen MR) is 132 cm³/mol. The molecule has 0 spiro atoms. The van der Waals surface area contributed by atoms with E-state index in [1.165, 1.54) is 6.92 Å². The minimum Gasteiger partial charge on any atom is -0.496 e. The van der Waals surface area contributed by atoms with Gasteiger partial charge in [0, 0.05) is 25.6 Å². The van der Waals surface area contributed by atoms with E-state index >= 15 is 0 Å². The van der Waals surface area contributed by atoms with E-state index < -0.39 is 0 Å². The van der Waals surface area contributed by atoms with Crippen LogP contribution in [0.25, 0.3) is 0 Å². The molecule has 0 aliphatic rings. The van der Waals surface area contributed by atoms with Crippen LogP contribution < -0.4 is 25.4 Å². The lowest BCUT2D eigenvalue weighted by molar-refractivity contribution is -0.114. The van der Waals surface area contributed by atoms with E-state index in [-0.39, 0.29) is 29.9 Å². The van der Waals surface area contributed by atoms with Crippen LogP contribution in [0.3, 0.4) is 0 Å².